The summed E-state index contributed by atoms with van der Waals surface area (Å²) in [4.78, 5) is 0. The Kier molecular flexibility index (Phi) is 3.27. The van der Waals surface area contributed by atoms with E-state index < -0.39 is 0 Å². The lowest BCUT2D eigenvalue weighted by Gasteiger charge is -2.13. The number of hydrogen-bond donors (Lipinski definition) is 1. The number of hydrogen-bond acceptors (Lipinski definition) is 7. The van der Waals surface area contributed by atoms with E-state index in [0.717, 1.165) is 28.7 Å². The lowest BCUT2D eigenvalue weighted by Crippen LogP contribution is -2.06. The Morgan fingerprint density at radius 3 is 3.09 bits per heavy atom. The molecule has 0 aliphatic heterocycles. The molecule has 0 amide bonds. The van der Waals surface area contributed by atoms with E-state index in [1.807, 2.05) is 12.1 Å². The van der Waals surface area contributed by atoms with Gasteiger partial charge < -0.3 is 14.6 Å². The maximum atomic E-state index is 5.44. The lowest BCUT2D eigenvalue weighted by molar-refractivity contribution is 0.410. The van der Waals surface area contributed by atoms with Crippen molar-refractivity contribution in [3.8, 4) is 16.5 Å². The van der Waals surface area contributed by atoms with Crippen LogP contribution in [0.3, 0.4) is 0 Å². The summed E-state index contributed by atoms with van der Waals surface area (Å²) in [5.41, 5.74) is 3.26. The molecule has 22 heavy (non-hydrogen) atoms. The van der Waals surface area contributed by atoms with Crippen molar-refractivity contribution in [2.24, 2.45) is 0 Å². The quantitative estimate of drug-likeness (QED) is 0.796. The first-order valence-electron chi connectivity index (χ1n) is 7.01. The molecule has 0 spiro atoms. The predicted molar refractivity (Wildman–Crippen MR) is 83.1 cm³/mol. The molecule has 0 bridgehead atoms. The number of nitrogens with zero attached hydrogens (tertiary/aromatic N) is 3. The van der Waals surface area contributed by atoms with Crippen molar-refractivity contribution in [2.75, 3.05) is 12.4 Å². The molecule has 3 aromatic rings. The first kappa shape index (κ1) is 13.3. The first-order valence-corrected chi connectivity index (χ1v) is 7.83. The number of rotatable bonds is 4. The van der Waals surface area contributed by atoms with Crippen LogP contribution in [0.5, 0.6) is 5.75 Å². The molecule has 1 atom stereocenters. The van der Waals surface area contributed by atoms with E-state index >= 15 is 0 Å². The second-order valence-corrected chi connectivity index (χ2v) is 6.04. The summed E-state index contributed by atoms with van der Waals surface area (Å²) in [5, 5.41) is 17.2. The smallest absolute Gasteiger partial charge is 0.206 e. The lowest BCUT2D eigenvalue weighted by atomic mass is 10.1. The summed E-state index contributed by atoms with van der Waals surface area (Å²) < 4.78 is 10.3. The third kappa shape index (κ3) is 2.23. The zero-order valence-corrected chi connectivity index (χ0v) is 12.8. The normalized spacial score (nSPS) is 16.5. The van der Waals surface area contributed by atoms with E-state index in [0.29, 0.717) is 5.69 Å². The summed E-state index contributed by atoms with van der Waals surface area (Å²) in [7, 11) is 1.71. The average molecular weight is 314 g/mol. The molecule has 0 fully saturated rings. The number of ether oxygens (including phenoxy) is 1. The van der Waals surface area contributed by atoms with Crippen LogP contribution < -0.4 is 10.1 Å². The van der Waals surface area contributed by atoms with Crippen LogP contribution in [0.4, 0.5) is 5.13 Å². The Balaban J connectivity index is 1.57. The molecule has 1 aliphatic rings. The van der Waals surface area contributed by atoms with Crippen molar-refractivity contribution >= 4 is 16.5 Å². The van der Waals surface area contributed by atoms with Gasteiger partial charge in [0.1, 0.15) is 17.7 Å². The molecule has 6 nitrogen and oxygen atoms in total. The molecule has 1 N–H and O–H groups in total. The highest BCUT2D eigenvalue weighted by atomic mass is 32.1. The van der Waals surface area contributed by atoms with Gasteiger partial charge in [0.05, 0.1) is 13.2 Å². The van der Waals surface area contributed by atoms with Gasteiger partial charge in [-0.1, -0.05) is 28.6 Å². The van der Waals surface area contributed by atoms with Gasteiger partial charge in [0.15, 0.2) is 5.01 Å². The van der Waals surface area contributed by atoms with E-state index in [4.69, 9.17) is 9.26 Å². The number of benzene rings is 1. The Hall–Kier alpha value is -2.41. The van der Waals surface area contributed by atoms with E-state index in [9.17, 15) is 0 Å². The van der Waals surface area contributed by atoms with Crippen LogP contribution in [0.2, 0.25) is 0 Å². The number of fused-ring (bicyclic) bond motifs is 1. The summed E-state index contributed by atoms with van der Waals surface area (Å²) in [6, 6.07) is 8.19. The minimum atomic E-state index is 0.239. The molecule has 7 heteroatoms. The van der Waals surface area contributed by atoms with E-state index in [1.165, 1.54) is 28.7 Å². The molecule has 4 rings (SSSR count). The second kappa shape index (κ2) is 5.42. The number of anilines is 1. The number of methoxy groups -OCH3 is 1. The largest absolute Gasteiger partial charge is 0.496 e. The molecular weight excluding hydrogens is 300 g/mol. The molecule has 1 aromatic carbocycles. The zero-order valence-electron chi connectivity index (χ0n) is 11.9. The Bertz CT molecular complexity index is 785. The van der Waals surface area contributed by atoms with Gasteiger partial charge in [0.25, 0.3) is 0 Å². The fraction of sp³-hybridized carbons (Fsp3) is 0.267. The van der Waals surface area contributed by atoms with Crippen LogP contribution in [-0.4, -0.2) is 22.5 Å². The van der Waals surface area contributed by atoms with Crippen molar-refractivity contribution in [3.05, 3.63) is 41.7 Å². The van der Waals surface area contributed by atoms with Crippen LogP contribution in [-0.2, 0) is 6.42 Å². The molecule has 112 valence electrons. The highest BCUT2D eigenvalue weighted by molar-refractivity contribution is 7.18. The minimum Gasteiger partial charge on any atom is -0.496 e. The summed E-state index contributed by atoms with van der Waals surface area (Å²) in [5.74, 6) is 0.961. The van der Waals surface area contributed by atoms with Crippen molar-refractivity contribution in [3.63, 3.8) is 0 Å². The van der Waals surface area contributed by atoms with E-state index in [2.05, 4.69) is 26.7 Å². The highest BCUT2D eigenvalue weighted by Gasteiger charge is 2.26. The van der Waals surface area contributed by atoms with Gasteiger partial charge in [0.2, 0.25) is 5.13 Å². The Morgan fingerprint density at radius 2 is 2.27 bits per heavy atom. The number of aromatic nitrogens is 3. The molecular formula is C15H14N4O2S. The molecule has 0 saturated carbocycles. The van der Waals surface area contributed by atoms with E-state index in [1.54, 1.807) is 13.2 Å². The van der Waals surface area contributed by atoms with Crippen molar-refractivity contribution in [2.45, 2.75) is 18.9 Å². The predicted octanol–water partition coefficient (Wildman–Crippen LogP) is 3.30. The van der Waals surface area contributed by atoms with Crippen molar-refractivity contribution in [1.29, 1.82) is 0 Å². The van der Waals surface area contributed by atoms with Gasteiger partial charge in [-0.05, 0) is 30.0 Å². The first-order chi connectivity index (χ1) is 10.8. The Labute approximate surface area is 131 Å². The van der Waals surface area contributed by atoms with Gasteiger partial charge in [0, 0.05) is 6.07 Å². The molecule has 2 aromatic heterocycles. The summed E-state index contributed by atoms with van der Waals surface area (Å²) in [6.07, 6.45) is 3.56. The van der Waals surface area contributed by atoms with Crippen molar-refractivity contribution in [1.82, 2.24) is 15.4 Å². The molecule has 0 radical (unpaired) electrons. The molecule has 0 saturated heterocycles. The van der Waals surface area contributed by atoms with Gasteiger partial charge in [-0.25, -0.2) is 0 Å². The van der Waals surface area contributed by atoms with Gasteiger partial charge in [-0.15, -0.1) is 10.2 Å². The second-order valence-electron chi connectivity index (χ2n) is 5.06. The Morgan fingerprint density at radius 1 is 1.32 bits per heavy atom. The van der Waals surface area contributed by atoms with E-state index in [-0.39, 0.29) is 6.04 Å². The van der Waals surface area contributed by atoms with Crippen LogP contribution in [0.25, 0.3) is 10.7 Å². The fourth-order valence-electron chi connectivity index (χ4n) is 2.82. The highest BCUT2D eigenvalue weighted by Crippen LogP contribution is 2.39. The third-order valence-electron chi connectivity index (χ3n) is 3.83. The number of nitrogens with one attached hydrogen (secondary N) is 1. The molecule has 1 unspecified atom stereocenters. The van der Waals surface area contributed by atoms with Crippen LogP contribution in [0.1, 0.15) is 23.6 Å². The SMILES string of the molecule is COc1cccc2c1CCC2Nc1nnc(-c2ccon2)s1. The average Bonchev–Trinajstić information content (AvgIpc) is 3.27. The summed E-state index contributed by atoms with van der Waals surface area (Å²) >= 11 is 1.47. The molecule has 2 heterocycles. The summed E-state index contributed by atoms with van der Waals surface area (Å²) in [6.45, 7) is 0. The zero-order chi connectivity index (χ0) is 14.9. The molecule has 1 aliphatic carbocycles. The fourth-order valence-corrected chi connectivity index (χ4v) is 3.58. The monoisotopic (exact) mass is 314 g/mol. The topological polar surface area (TPSA) is 73.1 Å². The van der Waals surface area contributed by atoms with Gasteiger partial charge in [-0.3, -0.25) is 0 Å². The maximum absolute atomic E-state index is 5.44. The maximum Gasteiger partial charge on any atom is 0.206 e. The van der Waals surface area contributed by atoms with Crippen LogP contribution in [0, 0.1) is 0 Å². The third-order valence-corrected chi connectivity index (χ3v) is 4.70. The van der Waals surface area contributed by atoms with Gasteiger partial charge in [-0.2, -0.15) is 0 Å². The van der Waals surface area contributed by atoms with Gasteiger partial charge >= 0.3 is 0 Å². The van der Waals surface area contributed by atoms with Crippen molar-refractivity contribution < 1.29 is 9.26 Å². The van der Waals surface area contributed by atoms with Crippen LogP contribution >= 0.6 is 11.3 Å². The van der Waals surface area contributed by atoms with Crippen LogP contribution in [0.15, 0.2) is 35.1 Å². The standard InChI is InChI=1S/C15H14N4O2S/c1-20-13-4-2-3-9-10(13)5-6-11(9)16-15-18-17-14(22-15)12-7-8-21-19-12/h2-4,7-8,11H,5-6H2,1H3,(H,16,18). The minimum absolute atomic E-state index is 0.239.